The van der Waals surface area contributed by atoms with E-state index in [1.807, 2.05) is 0 Å². The standard InChI is InChI=1S/C21H25.C11H9.C3H6.2ClH.Zr/c1-20(2,3)16-7-9-18-14(12-16)11-15-13-17(21(4,5)6)8-10-19(15)18;1-2-6-10(7-3-1)11-8-4-5-9-11;1-3-2;;;/h7-10,12H,11H2,1-6H3;1-3,6-9H,4H2;1-2H3;2*1H;/q;;;;;+2/p-2. The van der Waals surface area contributed by atoms with Crippen molar-refractivity contribution < 1.29 is 46.1 Å². The Morgan fingerprint density at radius 3 is 2.03 bits per heavy atom. The number of rotatable bonds is 3. The Morgan fingerprint density at radius 2 is 1.42 bits per heavy atom. The van der Waals surface area contributed by atoms with Crippen molar-refractivity contribution in [3.8, 4) is 11.1 Å². The Balaban J connectivity index is 0.00000200. The molecule has 0 bridgehead atoms. The molecule has 0 fully saturated rings. The second-order valence-electron chi connectivity index (χ2n) is 12.8. The largest absolute Gasteiger partial charge is 1.00 e. The van der Waals surface area contributed by atoms with Crippen LogP contribution < -0.4 is 28.1 Å². The van der Waals surface area contributed by atoms with Crippen LogP contribution in [0.25, 0.3) is 16.7 Å². The SMILES string of the molecule is C[C](C)=[Zr+2]([C]1=CC(c2ccccc2)=CC1)[c]1c(C(C)(C)C)ccc2c1Cc1cc(C(C)(C)C)ccc1-2.[Cl-].[Cl-]. The quantitative estimate of drug-likeness (QED) is 0.330. The first kappa shape index (κ1) is 31.0. The second kappa shape index (κ2) is 11.5. The molecule has 0 unspecified atom stereocenters. The van der Waals surface area contributed by atoms with Gasteiger partial charge in [0.1, 0.15) is 0 Å². The Morgan fingerprint density at radius 1 is 0.763 bits per heavy atom. The number of hydrogen-bond donors (Lipinski definition) is 0. The molecule has 3 aromatic rings. The van der Waals surface area contributed by atoms with Gasteiger partial charge in [-0.05, 0) is 0 Å². The molecular formula is C35H40Cl2Zr. The van der Waals surface area contributed by atoms with Gasteiger partial charge in [0.2, 0.25) is 0 Å². The molecule has 198 valence electrons. The first-order chi connectivity index (χ1) is 16.9. The topological polar surface area (TPSA) is 0 Å². The van der Waals surface area contributed by atoms with Crippen LogP contribution in [0.3, 0.4) is 0 Å². The van der Waals surface area contributed by atoms with Crippen LogP contribution in [0, 0.1) is 0 Å². The summed E-state index contributed by atoms with van der Waals surface area (Å²) in [5.74, 6) is 0. The Labute approximate surface area is 250 Å². The van der Waals surface area contributed by atoms with E-state index in [1.165, 1.54) is 33.4 Å². The van der Waals surface area contributed by atoms with Gasteiger partial charge in [-0.1, -0.05) is 0 Å². The minimum atomic E-state index is -2.29. The van der Waals surface area contributed by atoms with Crippen molar-refractivity contribution in [3.05, 3.63) is 104 Å². The Hall–Kier alpha value is -1.53. The number of halogens is 2. The molecule has 0 radical (unpaired) electrons. The van der Waals surface area contributed by atoms with Crippen LogP contribution in [0.1, 0.15) is 89.6 Å². The van der Waals surface area contributed by atoms with Crippen LogP contribution in [0.2, 0.25) is 0 Å². The summed E-state index contributed by atoms with van der Waals surface area (Å²) in [4.78, 5) is 0. The van der Waals surface area contributed by atoms with E-state index < -0.39 is 21.3 Å². The van der Waals surface area contributed by atoms with Gasteiger partial charge in [0.05, 0.1) is 0 Å². The predicted octanol–water partition coefficient (Wildman–Crippen LogP) is 2.69. The van der Waals surface area contributed by atoms with Crippen LogP contribution >= 0.6 is 0 Å². The van der Waals surface area contributed by atoms with Crippen LogP contribution in [-0.4, -0.2) is 3.21 Å². The van der Waals surface area contributed by atoms with Crippen LogP contribution in [0.15, 0.2) is 76.1 Å². The molecule has 3 heteroatoms. The predicted molar refractivity (Wildman–Crippen MR) is 155 cm³/mol. The number of benzene rings is 3. The third kappa shape index (κ3) is 5.82. The minimum Gasteiger partial charge on any atom is -1.00 e. The first-order valence-corrected chi connectivity index (χ1v) is 17.1. The number of hydrogen-bond acceptors (Lipinski definition) is 0. The van der Waals surface area contributed by atoms with Gasteiger partial charge < -0.3 is 24.8 Å². The van der Waals surface area contributed by atoms with E-state index in [9.17, 15) is 0 Å². The van der Waals surface area contributed by atoms with Crippen molar-refractivity contribution in [2.24, 2.45) is 0 Å². The molecule has 0 heterocycles. The molecule has 0 nitrogen and oxygen atoms in total. The van der Waals surface area contributed by atoms with Gasteiger partial charge in [-0.3, -0.25) is 0 Å². The molecule has 0 aromatic heterocycles. The third-order valence-corrected chi connectivity index (χ3v) is 15.3. The van der Waals surface area contributed by atoms with Gasteiger partial charge in [0.15, 0.2) is 0 Å². The molecule has 0 N–H and O–H groups in total. The average molecular weight is 623 g/mol. The van der Waals surface area contributed by atoms with E-state index in [1.54, 1.807) is 20.9 Å². The van der Waals surface area contributed by atoms with Crippen molar-refractivity contribution in [2.45, 2.75) is 79.1 Å². The fourth-order valence-electron chi connectivity index (χ4n) is 5.92. The van der Waals surface area contributed by atoms with Crippen molar-refractivity contribution in [1.29, 1.82) is 0 Å². The fraction of sp³-hybridized carbons (Fsp3) is 0.343. The van der Waals surface area contributed by atoms with Gasteiger partial charge in [0, 0.05) is 0 Å². The van der Waals surface area contributed by atoms with E-state index >= 15 is 0 Å². The zero-order valence-corrected chi connectivity index (χ0v) is 28.1. The smallest absolute Gasteiger partial charge is 1.00 e. The summed E-state index contributed by atoms with van der Waals surface area (Å²) < 4.78 is 5.16. The maximum absolute atomic E-state index is 2.56. The van der Waals surface area contributed by atoms with E-state index in [-0.39, 0.29) is 35.6 Å². The van der Waals surface area contributed by atoms with Crippen LogP contribution in [0.5, 0.6) is 0 Å². The molecule has 0 saturated carbocycles. The van der Waals surface area contributed by atoms with Crippen molar-refractivity contribution in [2.75, 3.05) is 0 Å². The molecule has 2 aliphatic carbocycles. The molecule has 0 amide bonds. The minimum absolute atomic E-state index is 0. The van der Waals surface area contributed by atoms with Crippen molar-refractivity contribution in [1.82, 2.24) is 0 Å². The summed E-state index contributed by atoms with van der Waals surface area (Å²) in [7, 11) is 0. The number of fused-ring (bicyclic) bond motifs is 3. The first-order valence-electron chi connectivity index (χ1n) is 13.4. The zero-order chi connectivity index (χ0) is 25.8. The van der Waals surface area contributed by atoms with Gasteiger partial charge in [0.25, 0.3) is 0 Å². The molecule has 0 atom stereocenters. The van der Waals surface area contributed by atoms with E-state index in [4.69, 9.17) is 0 Å². The van der Waals surface area contributed by atoms with E-state index in [2.05, 4.69) is 128 Å². The summed E-state index contributed by atoms with van der Waals surface area (Å²) in [6.45, 7) is 19.0. The maximum atomic E-state index is 2.56. The van der Waals surface area contributed by atoms with Crippen LogP contribution in [0.4, 0.5) is 0 Å². The van der Waals surface area contributed by atoms with E-state index in [0.29, 0.717) is 0 Å². The second-order valence-corrected chi connectivity index (χ2v) is 19.9. The summed E-state index contributed by atoms with van der Waals surface area (Å²) >= 11 is -2.29. The van der Waals surface area contributed by atoms with Gasteiger partial charge >= 0.3 is 227 Å². The number of allylic oxidation sites excluding steroid dienone is 4. The monoisotopic (exact) mass is 620 g/mol. The average Bonchev–Trinajstić information content (AvgIpc) is 3.43. The maximum Gasteiger partial charge on any atom is -1.00 e. The zero-order valence-electron chi connectivity index (χ0n) is 24.1. The Kier molecular flexibility index (Phi) is 9.41. The molecule has 0 saturated heterocycles. The third-order valence-electron chi connectivity index (χ3n) is 7.80. The van der Waals surface area contributed by atoms with Crippen molar-refractivity contribution in [3.63, 3.8) is 0 Å². The van der Waals surface area contributed by atoms with E-state index in [0.717, 1.165) is 12.8 Å². The fourth-order valence-corrected chi connectivity index (χ4v) is 14.1. The molecule has 5 rings (SSSR count). The van der Waals surface area contributed by atoms with Gasteiger partial charge in [-0.25, -0.2) is 0 Å². The van der Waals surface area contributed by atoms with Crippen molar-refractivity contribution >= 4 is 12.1 Å². The van der Waals surface area contributed by atoms with Gasteiger partial charge in [-0.15, -0.1) is 0 Å². The molecule has 2 aliphatic rings. The van der Waals surface area contributed by atoms with Gasteiger partial charge in [-0.2, -0.15) is 0 Å². The molecule has 0 spiro atoms. The molecular weight excluding hydrogens is 583 g/mol. The Bertz CT molecular complexity index is 1440. The van der Waals surface area contributed by atoms with Crippen LogP contribution in [-0.2, 0) is 38.5 Å². The summed E-state index contributed by atoms with van der Waals surface area (Å²) in [5.41, 5.74) is 12.2. The summed E-state index contributed by atoms with van der Waals surface area (Å²) in [6, 6.07) is 23.1. The molecule has 3 aromatic carbocycles. The summed E-state index contributed by atoms with van der Waals surface area (Å²) in [6.07, 6.45) is 7.22. The normalized spacial score (nSPS) is 13.8. The summed E-state index contributed by atoms with van der Waals surface area (Å²) in [5, 5.41) is 0. The molecule has 38 heavy (non-hydrogen) atoms. The molecule has 0 aliphatic heterocycles.